The average molecular weight is 456 g/mol. The molecule has 7 nitrogen and oxygen atoms in total. The lowest BCUT2D eigenvalue weighted by Gasteiger charge is -2.28. The van der Waals surface area contributed by atoms with Crippen LogP contribution in [-0.4, -0.2) is 40.2 Å². The molecule has 0 fully saturated rings. The molecule has 1 heterocycles. The van der Waals surface area contributed by atoms with Gasteiger partial charge >= 0.3 is 0 Å². The Morgan fingerprint density at radius 2 is 1.50 bits per heavy atom. The van der Waals surface area contributed by atoms with Gasteiger partial charge < -0.3 is 9.84 Å². The van der Waals surface area contributed by atoms with Gasteiger partial charge in [-0.05, 0) is 44.0 Å². The van der Waals surface area contributed by atoms with E-state index in [1.165, 1.54) is 23.6 Å². The zero-order chi connectivity index (χ0) is 23.3. The predicted octanol–water partition coefficient (Wildman–Crippen LogP) is 3.56. The number of hydrogen-bond acceptors (Lipinski definition) is 6. The fraction of sp³-hybridized carbons (Fsp3) is 0.333. The summed E-state index contributed by atoms with van der Waals surface area (Å²) in [6.45, 7) is 5.61. The maximum Gasteiger partial charge on any atom is 0.220 e. The first-order valence-electron chi connectivity index (χ1n) is 10.3. The van der Waals surface area contributed by atoms with Gasteiger partial charge in [-0.3, -0.25) is 9.97 Å². The molecule has 0 spiro atoms. The van der Waals surface area contributed by atoms with Crippen molar-refractivity contribution < 1.29 is 18.3 Å². The molecule has 0 aliphatic heterocycles. The Morgan fingerprint density at radius 3 is 2.00 bits per heavy atom. The Morgan fingerprint density at radius 1 is 0.938 bits per heavy atom. The van der Waals surface area contributed by atoms with Crippen LogP contribution in [0.25, 0.3) is 0 Å². The molecule has 32 heavy (non-hydrogen) atoms. The average Bonchev–Trinajstić information content (AvgIpc) is 2.80. The highest BCUT2D eigenvalue weighted by Gasteiger charge is 2.35. The summed E-state index contributed by atoms with van der Waals surface area (Å²) >= 11 is 0. The molecule has 0 aliphatic rings. The molecular formula is C24H29N3O4S. The number of aliphatic hydroxyl groups excluding tert-OH is 1. The van der Waals surface area contributed by atoms with Crippen LogP contribution in [-0.2, 0) is 23.1 Å². The Balaban J connectivity index is 1.91. The number of ether oxygens (including phenoxy) is 1. The lowest BCUT2D eigenvalue weighted by atomic mass is 10.1. The van der Waals surface area contributed by atoms with Crippen LogP contribution in [0.15, 0.2) is 60.9 Å². The third-order valence-corrected chi connectivity index (χ3v) is 7.55. The molecule has 0 radical (unpaired) electrons. The summed E-state index contributed by atoms with van der Waals surface area (Å²) < 4.78 is 33.8. The first-order chi connectivity index (χ1) is 15.2. The van der Waals surface area contributed by atoms with Crippen LogP contribution in [0.2, 0.25) is 0 Å². The Bertz CT molecular complexity index is 1120. The topological polar surface area (TPSA) is 92.6 Å². The number of aliphatic hydroxyl groups is 1. The van der Waals surface area contributed by atoms with Crippen molar-refractivity contribution in [2.45, 2.75) is 45.2 Å². The second kappa shape index (κ2) is 10.2. The molecule has 1 N–H and O–H groups in total. The van der Waals surface area contributed by atoms with Crippen molar-refractivity contribution in [3.63, 3.8) is 0 Å². The SMILES string of the molecule is COc1ccc(CN(Cc2ccc(C)cc2)S(=O)(=O)[C@H](C)[C@H](O)c2cnc(C)cn2)cc1. The van der Waals surface area contributed by atoms with E-state index in [2.05, 4.69) is 9.97 Å². The lowest BCUT2D eigenvalue weighted by molar-refractivity contribution is 0.167. The number of aryl methyl sites for hydroxylation is 2. The monoisotopic (exact) mass is 455 g/mol. The van der Waals surface area contributed by atoms with E-state index in [0.29, 0.717) is 11.4 Å². The molecule has 1 aromatic heterocycles. The zero-order valence-corrected chi connectivity index (χ0v) is 19.6. The van der Waals surface area contributed by atoms with E-state index < -0.39 is 21.4 Å². The first-order valence-corrected chi connectivity index (χ1v) is 11.8. The quantitative estimate of drug-likeness (QED) is 0.530. The van der Waals surface area contributed by atoms with Gasteiger partial charge in [0.25, 0.3) is 0 Å². The van der Waals surface area contributed by atoms with Gasteiger partial charge in [0, 0.05) is 19.3 Å². The normalized spacial score (nSPS) is 13.7. The number of methoxy groups -OCH3 is 1. The van der Waals surface area contributed by atoms with E-state index in [-0.39, 0.29) is 18.8 Å². The molecule has 2 aromatic carbocycles. The minimum Gasteiger partial charge on any atom is -0.497 e. The highest BCUT2D eigenvalue weighted by atomic mass is 32.2. The van der Waals surface area contributed by atoms with Crippen molar-refractivity contribution in [3.8, 4) is 5.75 Å². The fourth-order valence-corrected chi connectivity index (χ4v) is 4.85. The van der Waals surface area contributed by atoms with E-state index in [1.54, 1.807) is 26.2 Å². The lowest BCUT2D eigenvalue weighted by Crippen LogP contribution is -2.39. The molecule has 3 aromatic rings. The number of hydrogen-bond donors (Lipinski definition) is 1. The van der Waals surface area contributed by atoms with Crippen molar-refractivity contribution in [2.75, 3.05) is 7.11 Å². The van der Waals surface area contributed by atoms with Gasteiger partial charge in [0.15, 0.2) is 0 Å². The molecule has 3 rings (SSSR count). The van der Waals surface area contributed by atoms with Crippen molar-refractivity contribution in [1.82, 2.24) is 14.3 Å². The summed E-state index contributed by atoms with van der Waals surface area (Å²) in [7, 11) is -2.31. The van der Waals surface area contributed by atoms with Crippen molar-refractivity contribution >= 4 is 10.0 Å². The Kier molecular flexibility index (Phi) is 7.60. The third kappa shape index (κ3) is 5.70. The zero-order valence-electron chi connectivity index (χ0n) is 18.8. The van der Waals surface area contributed by atoms with Crippen molar-refractivity contribution in [1.29, 1.82) is 0 Å². The molecule has 2 atom stereocenters. The minimum absolute atomic E-state index is 0.164. The number of aromatic nitrogens is 2. The van der Waals surface area contributed by atoms with Gasteiger partial charge in [0.05, 0.1) is 24.7 Å². The van der Waals surface area contributed by atoms with Crippen molar-refractivity contribution in [2.24, 2.45) is 0 Å². The summed E-state index contributed by atoms with van der Waals surface area (Å²) in [4.78, 5) is 8.29. The third-order valence-electron chi connectivity index (χ3n) is 5.38. The van der Waals surface area contributed by atoms with Crippen LogP contribution < -0.4 is 4.74 Å². The van der Waals surface area contributed by atoms with Gasteiger partial charge in [-0.15, -0.1) is 0 Å². The van der Waals surface area contributed by atoms with Crippen LogP contribution in [0.5, 0.6) is 5.75 Å². The van der Waals surface area contributed by atoms with Crippen LogP contribution >= 0.6 is 0 Å². The van der Waals surface area contributed by atoms with Crippen molar-refractivity contribution in [3.05, 3.63) is 89.0 Å². The van der Waals surface area contributed by atoms with Gasteiger partial charge in [-0.25, -0.2) is 8.42 Å². The maximum atomic E-state index is 13.6. The number of sulfonamides is 1. The van der Waals surface area contributed by atoms with Gasteiger partial charge in [0.1, 0.15) is 17.1 Å². The van der Waals surface area contributed by atoms with Gasteiger partial charge in [-0.2, -0.15) is 4.31 Å². The van der Waals surface area contributed by atoms with E-state index in [0.717, 1.165) is 16.7 Å². The Labute approximate surface area is 189 Å². The first kappa shape index (κ1) is 23.8. The van der Waals surface area contributed by atoms with Crippen LogP contribution in [0.4, 0.5) is 0 Å². The highest BCUT2D eigenvalue weighted by molar-refractivity contribution is 7.89. The van der Waals surface area contributed by atoms with Gasteiger partial charge in [-0.1, -0.05) is 42.0 Å². The smallest absolute Gasteiger partial charge is 0.220 e. The summed E-state index contributed by atoms with van der Waals surface area (Å²) in [5.41, 5.74) is 3.70. The number of benzene rings is 2. The summed E-state index contributed by atoms with van der Waals surface area (Å²) in [6.07, 6.45) is 1.63. The van der Waals surface area contributed by atoms with Crippen LogP contribution in [0.1, 0.15) is 41.1 Å². The summed E-state index contributed by atoms with van der Waals surface area (Å²) in [6, 6.07) is 15.0. The molecule has 0 aliphatic carbocycles. The standard InChI is InChI=1S/C24H29N3O4S/c1-17-5-7-20(8-6-17)15-27(16-21-9-11-22(31-4)12-10-21)32(29,30)19(3)24(28)23-14-25-18(2)13-26-23/h5-14,19,24,28H,15-16H2,1-4H3/t19-,24+/m1/s1. The van der Waals surface area contributed by atoms with Crippen LogP contribution in [0.3, 0.4) is 0 Å². The van der Waals surface area contributed by atoms with E-state index in [1.807, 2.05) is 43.3 Å². The molecule has 0 bridgehead atoms. The molecule has 170 valence electrons. The molecule has 8 heteroatoms. The second-order valence-electron chi connectivity index (χ2n) is 7.88. The van der Waals surface area contributed by atoms with E-state index in [9.17, 15) is 13.5 Å². The minimum atomic E-state index is -3.90. The molecule has 0 saturated heterocycles. The van der Waals surface area contributed by atoms with Crippen LogP contribution in [0, 0.1) is 13.8 Å². The van der Waals surface area contributed by atoms with Gasteiger partial charge in [0.2, 0.25) is 10.0 Å². The molecule has 0 amide bonds. The van der Waals surface area contributed by atoms with E-state index >= 15 is 0 Å². The molecular weight excluding hydrogens is 426 g/mol. The molecule has 0 saturated carbocycles. The highest BCUT2D eigenvalue weighted by Crippen LogP contribution is 2.26. The summed E-state index contributed by atoms with van der Waals surface area (Å²) in [5.74, 6) is 0.698. The molecule has 0 unspecified atom stereocenters. The predicted molar refractivity (Wildman–Crippen MR) is 124 cm³/mol. The second-order valence-corrected chi connectivity index (χ2v) is 10.2. The van der Waals surface area contributed by atoms with E-state index in [4.69, 9.17) is 4.74 Å². The fourth-order valence-electron chi connectivity index (χ4n) is 3.26. The Hall–Kier alpha value is -2.81. The number of rotatable bonds is 9. The maximum absolute atomic E-state index is 13.6. The summed E-state index contributed by atoms with van der Waals surface area (Å²) in [5, 5.41) is 9.67. The largest absolute Gasteiger partial charge is 0.497 e. The number of nitrogens with zero attached hydrogens (tertiary/aromatic N) is 3.